The molecular weight excluding hydrogens is 336 g/mol. The Bertz CT molecular complexity index is 722. The second-order valence-electron chi connectivity index (χ2n) is 6.00. The maximum absolute atomic E-state index is 12.7. The molecule has 6 heteroatoms. The van der Waals surface area contributed by atoms with E-state index in [1.54, 1.807) is 35.5 Å². The number of carbonyl (C=O) groups excluding carboxylic acids is 2. The third-order valence-corrected chi connectivity index (χ3v) is 5.20. The first-order chi connectivity index (χ1) is 12.2. The highest BCUT2D eigenvalue weighted by Gasteiger charge is 2.26. The minimum absolute atomic E-state index is 0.0391. The topological polar surface area (TPSA) is 49.9 Å². The van der Waals surface area contributed by atoms with Gasteiger partial charge in [0.05, 0.1) is 12.7 Å². The van der Waals surface area contributed by atoms with E-state index >= 15 is 0 Å². The van der Waals surface area contributed by atoms with Gasteiger partial charge in [-0.15, -0.1) is 0 Å². The van der Waals surface area contributed by atoms with Crippen molar-refractivity contribution < 1.29 is 14.3 Å². The largest absolute Gasteiger partial charge is 0.496 e. The van der Waals surface area contributed by atoms with E-state index in [-0.39, 0.29) is 11.8 Å². The van der Waals surface area contributed by atoms with Crippen LogP contribution in [0, 0.1) is 0 Å². The number of benzene rings is 1. The number of aryl methyl sites for hydroxylation is 1. The van der Waals surface area contributed by atoms with Gasteiger partial charge < -0.3 is 14.5 Å². The number of methoxy groups -OCH3 is 1. The predicted molar refractivity (Wildman–Crippen MR) is 98.1 cm³/mol. The highest BCUT2D eigenvalue weighted by molar-refractivity contribution is 7.07. The molecule has 1 saturated heterocycles. The summed E-state index contributed by atoms with van der Waals surface area (Å²) >= 11 is 1.65. The van der Waals surface area contributed by atoms with Gasteiger partial charge in [-0.3, -0.25) is 9.59 Å². The van der Waals surface area contributed by atoms with Gasteiger partial charge in [-0.1, -0.05) is 12.1 Å². The Balaban J connectivity index is 1.52. The van der Waals surface area contributed by atoms with Crippen LogP contribution in [0.1, 0.15) is 22.3 Å². The molecule has 3 rings (SSSR count). The molecule has 0 spiro atoms. The molecule has 0 atom stereocenters. The molecule has 1 aliphatic heterocycles. The lowest BCUT2D eigenvalue weighted by molar-refractivity contribution is -0.132. The maximum atomic E-state index is 12.7. The summed E-state index contributed by atoms with van der Waals surface area (Å²) in [6, 6.07) is 9.30. The van der Waals surface area contributed by atoms with Crippen molar-refractivity contribution in [2.24, 2.45) is 0 Å². The zero-order valence-electron chi connectivity index (χ0n) is 14.3. The number of piperazine rings is 1. The minimum Gasteiger partial charge on any atom is -0.496 e. The van der Waals surface area contributed by atoms with Gasteiger partial charge in [0.15, 0.2) is 0 Å². The summed E-state index contributed by atoms with van der Waals surface area (Å²) in [5.74, 6) is 0.709. The van der Waals surface area contributed by atoms with Crippen molar-refractivity contribution in [1.82, 2.24) is 9.80 Å². The molecule has 0 bridgehead atoms. The third kappa shape index (κ3) is 4.20. The van der Waals surface area contributed by atoms with Gasteiger partial charge in [-0.25, -0.2) is 0 Å². The molecule has 0 aliphatic carbocycles. The number of amides is 2. The predicted octanol–water partition coefficient (Wildman–Crippen LogP) is 2.67. The summed E-state index contributed by atoms with van der Waals surface area (Å²) < 4.78 is 5.27. The van der Waals surface area contributed by atoms with E-state index in [1.165, 1.54) is 5.56 Å². The number of rotatable bonds is 5. The van der Waals surface area contributed by atoms with Crippen LogP contribution in [-0.4, -0.2) is 54.9 Å². The Morgan fingerprint density at radius 2 is 1.80 bits per heavy atom. The molecule has 5 nitrogen and oxygen atoms in total. The first-order valence-corrected chi connectivity index (χ1v) is 9.34. The lowest BCUT2D eigenvalue weighted by atomic mass is 10.1. The molecule has 0 radical (unpaired) electrons. The van der Waals surface area contributed by atoms with Crippen molar-refractivity contribution in [3.63, 3.8) is 0 Å². The van der Waals surface area contributed by atoms with Gasteiger partial charge in [0.1, 0.15) is 5.75 Å². The van der Waals surface area contributed by atoms with E-state index in [4.69, 9.17) is 4.74 Å². The quantitative estimate of drug-likeness (QED) is 0.826. The number of ether oxygens (including phenoxy) is 1. The van der Waals surface area contributed by atoms with Crippen LogP contribution in [0.3, 0.4) is 0 Å². The average Bonchev–Trinajstić information content (AvgIpc) is 3.19. The molecule has 2 aromatic rings. The molecule has 1 aliphatic rings. The lowest BCUT2D eigenvalue weighted by Crippen LogP contribution is -2.50. The number of nitrogens with zero attached hydrogens (tertiary/aromatic N) is 2. The number of hydrogen-bond acceptors (Lipinski definition) is 4. The monoisotopic (exact) mass is 358 g/mol. The Morgan fingerprint density at radius 1 is 1.08 bits per heavy atom. The normalized spacial score (nSPS) is 14.4. The summed E-state index contributed by atoms with van der Waals surface area (Å²) in [5, 5.41) is 4.11. The zero-order valence-corrected chi connectivity index (χ0v) is 15.1. The first kappa shape index (κ1) is 17.5. The standard InChI is InChI=1S/C19H22N2O3S/c1-24-17-5-3-2-4-16(17)19(23)21-11-9-20(10-12-21)18(22)7-6-15-8-13-25-14-15/h2-5,8,13-14H,6-7,9-12H2,1H3. The van der Waals surface area contributed by atoms with Crippen molar-refractivity contribution in [3.05, 3.63) is 52.2 Å². The Kier molecular flexibility index (Phi) is 5.71. The fraction of sp³-hybridized carbons (Fsp3) is 0.368. The van der Waals surface area contributed by atoms with E-state index in [1.807, 2.05) is 22.4 Å². The second kappa shape index (κ2) is 8.16. The van der Waals surface area contributed by atoms with Gasteiger partial charge in [0.25, 0.3) is 5.91 Å². The number of carbonyl (C=O) groups is 2. The number of thiophene rings is 1. The van der Waals surface area contributed by atoms with Crippen LogP contribution in [0.2, 0.25) is 0 Å². The summed E-state index contributed by atoms with van der Waals surface area (Å²) in [5.41, 5.74) is 1.78. The second-order valence-corrected chi connectivity index (χ2v) is 6.78. The van der Waals surface area contributed by atoms with Crippen LogP contribution in [0.15, 0.2) is 41.1 Å². The molecule has 1 aromatic heterocycles. The van der Waals surface area contributed by atoms with Crippen LogP contribution in [-0.2, 0) is 11.2 Å². The van der Waals surface area contributed by atoms with Crippen molar-refractivity contribution in [1.29, 1.82) is 0 Å². The van der Waals surface area contributed by atoms with Crippen LogP contribution >= 0.6 is 11.3 Å². The van der Waals surface area contributed by atoms with Gasteiger partial charge in [0.2, 0.25) is 5.91 Å². The molecule has 0 N–H and O–H groups in total. The van der Waals surface area contributed by atoms with Crippen molar-refractivity contribution in [2.75, 3.05) is 33.3 Å². The maximum Gasteiger partial charge on any atom is 0.257 e. The molecular formula is C19H22N2O3S. The summed E-state index contributed by atoms with van der Waals surface area (Å²) in [6.07, 6.45) is 1.31. The molecule has 1 fully saturated rings. The Hall–Kier alpha value is -2.34. The molecule has 25 heavy (non-hydrogen) atoms. The molecule has 1 aromatic carbocycles. The van der Waals surface area contributed by atoms with Crippen LogP contribution in [0.4, 0.5) is 0 Å². The van der Waals surface area contributed by atoms with Gasteiger partial charge in [-0.2, -0.15) is 11.3 Å². The van der Waals surface area contributed by atoms with Gasteiger partial charge in [-0.05, 0) is 40.9 Å². The SMILES string of the molecule is COc1ccccc1C(=O)N1CCN(C(=O)CCc2ccsc2)CC1. The fourth-order valence-electron chi connectivity index (χ4n) is 2.99. The molecule has 2 heterocycles. The zero-order chi connectivity index (χ0) is 17.6. The van der Waals surface area contributed by atoms with E-state index in [9.17, 15) is 9.59 Å². The van der Waals surface area contributed by atoms with E-state index in [2.05, 4.69) is 11.4 Å². The highest BCUT2D eigenvalue weighted by Crippen LogP contribution is 2.20. The Labute approximate surface area is 151 Å². The van der Waals surface area contributed by atoms with E-state index in [0.29, 0.717) is 43.9 Å². The summed E-state index contributed by atoms with van der Waals surface area (Å²) in [7, 11) is 1.57. The van der Waals surface area contributed by atoms with E-state index < -0.39 is 0 Å². The molecule has 132 valence electrons. The van der Waals surface area contributed by atoms with Crippen LogP contribution in [0.5, 0.6) is 5.75 Å². The first-order valence-electron chi connectivity index (χ1n) is 8.40. The summed E-state index contributed by atoms with van der Waals surface area (Å²) in [6.45, 7) is 2.29. The highest BCUT2D eigenvalue weighted by atomic mass is 32.1. The van der Waals surface area contributed by atoms with E-state index in [0.717, 1.165) is 6.42 Å². The average molecular weight is 358 g/mol. The molecule has 2 amide bonds. The van der Waals surface area contributed by atoms with Crippen molar-refractivity contribution in [3.8, 4) is 5.75 Å². The van der Waals surface area contributed by atoms with Crippen molar-refractivity contribution in [2.45, 2.75) is 12.8 Å². The van der Waals surface area contributed by atoms with Crippen molar-refractivity contribution >= 4 is 23.2 Å². The Morgan fingerprint density at radius 3 is 2.48 bits per heavy atom. The summed E-state index contributed by atoms with van der Waals surface area (Å²) in [4.78, 5) is 28.7. The molecule has 0 unspecified atom stereocenters. The minimum atomic E-state index is -0.0391. The third-order valence-electron chi connectivity index (χ3n) is 4.46. The lowest BCUT2D eigenvalue weighted by Gasteiger charge is -2.35. The molecule has 0 saturated carbocycles. The van der Waals surface area contributed by atoms with Crippen LogP contribution < -0.4 is 4.74 Å². The van der Waals surface area contributed by atoms with Gasteiger partial charge >= 0.3 is 0 Å². The number of para-hydroxylation sites is 1. The van der Waals surface area contributed by atoms with Gasteiger partial charge in [0, 0.05) is 32.6 Å². The van der Waals surface area contributed by atoms with Crippen LogP contribution in [0.25, 0.3) is 0 Å². The fourth-order valence-corrected chi connectivity index (χ4v) is 3.70. The number of hydrogen-bond donors (Lipinski definition) is 0. The smallest absolute Gasteiger partial charge is 0.257 e.